The molecule has 0 atom stereocenters. The van der Waals surface area contributed by atoms with Crippen molar-refractivity contribution in [3.8, 4) is 0 Å². The van der Waals surface area contributed by atoms with Crippen molar-refractivity contribution < 1.29 is 19.1 Å². The quantitative estimate of drug-likeness (QED) is 0.693. The number of ether oxygens (including phenoxy) is 2. The Morgan fingerprint density at radius 2 is 2.00 bits per heavy atom. The number of hydrogen-bond donors (Lipinski definition) is 1. The van der Waals surface area contributed by atoms with Crippen molar-refractivity contribution in [2.24, 2.45) is 11.7 Å². The predicted molar refractivity (Wildman–Crippen MR) is 103 cm³/mol. The lowest BCUT2D eigenvalue weighted by Crippen LogP contribution is -2.59. The molecule has 2 fully saturated rings. The summed E-state index contributed by atoms with van der Waals surface area (Å²) in [6.07, 6.45) is 2.82. The first-order chi connectivity index (χ1) is 12.9. The Morgan fingerprint density at radius 3 is 2.63 bits per heavy atom. The summed E-state index contributed by atoms with van der Waals surface area (Å²) >= 11 is 12.1. The number of carbonyl (C=O) groups is 2. The second kappa shape index (κ2) is 8.78. The molecular weight excluding hydrogens is 391 g/mol. The Bertz CT molecular complexity index is 686. The first kappa shape index (κ1) is 20.4. The molecule has 2 aliphatic rings. The Hall–Kier alpha value is -1.34. The van der Waals surface area contributed by atoms with Crippen LogP contribution in [0.5, 0.6) is 0 Å². The summed E-state index contributed by atoms with van der Waals surface area (Å²) in [7, 11) is 0. The zero-order valence-corrected chi connectivity index (χ0v) is 16.5. The molecule has 8 heteroatoms. The van der Waals surface area contributed by atoms with E-state index in [1.54, 1.807) is 12.1 Å². The first-order valence-corrected chi connectivity index (χ1v) is 9.84. The van der Waals surface area contributed by atoms with Gasteiger partial charge in [-0.25, -0.2) is 0 Å². The van der Waals surface area contributed by atoms with Crippen LogP contribution in [-0.4, -0.2) is 48.6 Å². The molecule has 2 N–H and O–H groups in total. The van der Waals surface area contributed by atoms with E-state index in [0.29, 0.717) is 49.1 Å². The van der Waals surface area contributed by atoms with Gasteiger partial charge in [0.25, 0.3) is 6.47 Å². The van der Waals surface area contributed by atoms with Crippen LogP contribution < -0.4 is 5.73 Å². The average molecular weight is 415 g/mol. The van der Waals surface area contributed by atoms with Crippen LogP contribution in [0.1, 0.15) is 31.2 Å². The maximum Gasteiger partial charge on any atom is 0.293 e. The van der Waals surface area contributed by atoms with E-state index in [2.05, 4.69) is 0 Å². The molecule has 0 radical (unpaired) electrons. The zero-order chi connectivity index (χ0) is 19.4. The van der Waals surface area contributed by atoms with Gasteiger partial charge < -0.3 is 20.1 Å². The van der Waals surface area contributed by atoms with E-state index in [0.717, 1.165) is 18.4 Å². The third-order valence-electron chi connectivity index (χ3n) is 5.34. The fraction of sp³-hybridized carbons (Fsp3) is 0.579. The molecule has 148 valence electrons. The number of amides is 1. The van der Waals surface area contributed by atoms with Crippen LogP contribution in [0.3, 0.4) is 0 Å². The van der Waals surface area contributed by atoms with Gasteiger partial charge in [-0.05, 0) is 43.4 Å². The Morgan fingerprint density at radius 1 is 1.30 bits per heavy atom. The normalized spacial score (nSPS) is 25.7. The van der Waals surface area contributed by atoms with Gasteiger partial charge in [-0.15, -0.1) is 0 Å². The van der Waals surface area contributed by atoms with E-state index in [1.165, 1.54) is 0 Å². The van der Waals surface area contributed by atoms with Crippen LogP contribution in [0.2, 0.25) is 10.0 Å². The van der Waals surface area contributed by atoms with Crippen molar-refractivity contribution in [3.05, 3.63) is 33.8 Å². The lowest BCUT2D eigenvalue weighted by atomic mass is 9.68. The van der Waals surface area contributed by atoms with Gasteiger partial charge in [-0.3, -0.25) is 9.59 Å². The molecule has 0 bridgehead atoms. The van der Waals surface area contributed by atoms with Gasteiger partial charge in [-0.2, -0.15) is 0 Å². The molecule has 27 heavy (non-hydrogen) atoms. The summed E-state index contributed by atoms with van der Waals surface area (Å²) in [4.78, 5) is 24.8. The average Bonchev–Trinajstić information content (AvgIpc) is 2.63. The van der Waals surface area contributed by atoms with Gasteiger partial charge in [0.1, 0.15) is 6.61 Å². The van der Waals surface area contributed by atoms with E-state index < -0.39 is 5.54 Å². The molecule has 1 heterocycles. The standard InChI is InChI=1S/C19H24Cl2N2O4/c20-15-2-1-13(17(21)7-15)10-27-16-3-5-23(6-4-16)18(25)14-8-19(22,9-14)11-26-12-24/h1-2,7,12,14,16H,3-6,8-11,22H2. The van der Waals surface area contributed by atoms with Crippen molar-refractivity contribution in [1.29, 1.82) is 0 Å². The number of rotatable bonds is 7. The topological polar surface area (TPSA) is 81.9 Å². The van der Waals surface area contributed by atoms with E-state index in [9.17, 15) is 9.59 Å². The molecule has 0 spiro atoms. The Labute approximate surface area is 168 Å². The summed E-state index contributed by atoms with van der Waals surface area (Å²) < 4.78 is 10.7. The fourth-order valence-electron chi connectivity index (χ4n) is 3.76. The van der Waals surface area contributed by atoms with E-state index in [4.69, 9.17) is 38.4 Å². The number of halogens is 2. The number of likely N-dealkylation sites (tertiary alicyclic amines) is 1. The van der Waals surface area contributed by atoms with E-state index in [-0.39, 0.29) is 24.5 Å². The highest BCUT2D eigenvalue weighted by Crippen LogP contribution is 2.37. The monoisotopic (exact) mass is 414 g/mol. The molecular formula is C19H24Cl2N2O4. The molecule has 3 rings (SSSR count). The number of nitrogens with zero attached hydrogens (tertiary/aromatic N) is 1. The minimum atomic E-state index is -0.555. The second-order valence-corrected chi connectivity index (χ2v) is 8.29. The molecule has 1 saturated carbocycles. The summed E-state index contributed by atoms with van der Waals surface area (Å²) in [5.74, 6) is 0.0666. The molecule has 1 aromatic carbocycles. The van der Waals surface area contributed by atoms with Gasteiger partial charge in [0, 0.05) is 29.1 Å². The van der Waals surface area contributed by atoms with Crippen molar-refractivity contribution in [3.63, 3.8) is 0 Å². The van der Waals surface area contributed by atoms with Crippen molar-refractivity contribution in [2.45, 2.75) is 43.9 Å². The zero-order valence-electron chi connectivity index (χ0n) is 15.0. The van der Waals surface area contributed by atoms with Crippen molar-refractivity contribution in [2.75, 3.05) is 19.7 Å². The summed E-state index contributed by atoms with van der Waals surface area (Å²) in [5, 5.41) is 1.20. The summed E-state index contributed by atoms with van der Waals surface area (Å²) in [6.45, 7) is 2.35. The third kappa shape index (κ3) is 5.13. The van der Waals surface area contributed by atoms with Crippen molar-refractivity contribution in [1.82, 2.24) is 4.90 Å². The fourth-order valence-corrected chi connectivity index (χ4v) is 4.22. The number of benzene rings is 1. The molecule has 1 aromatic rings. The highest BCUT2D eigenvalue weighted by molar-refractivity contribution is 6.35. The number of piperidine rings is 1. The molecule has 0 unspecified atom stereocenters. The maximum absolute atomic E-state index is 12.6. The Balaban J connectivity index is 1.40. The molecule has 1 saturated heterocycles. The molecule has 6 nitrogen and oxygen atoms in total. The van der Waals surface area contributed by atoms with E-state index >= 15 is 0 Å². The van der Waals surface area contributed by atoms with Crippen LogP contribution >= 0.6 is 23.2 Å². The smallest absolute Gasteiger partial charge is 0.293 e. The lowest BCUT2D eigenvalue weighted by molar-refractivity contribution is -0.145. The van der Waals surface area contributed by atoms with Crippen LogP contribution in [0.4, 0.5) is 0 Å². The van der Waals surface area contributed by atoms with Crippen LogP contribution in [0.15, 0.2) is 18.2 Å². The molecule has 0 aromatic heterocycles. The van der Waals surface area contributed by atoms with Gasteiger partial charge in [0.2, 0.25) is 5.91 Å². The third-order valence-corrected chi connectivity index (χ3v) is 5.92. The van der Waals surface area contributed by atoms with Gasteiger partial charge in [0.15, 0.2) is 0 Å². The number of hydrogen-bond acceptors (Lipinski definition) is 5. The lowest BCUT2D eigenvalue weighted by Gasteiger charge is -2.45. The summed E-state index contributed by atoms with van der Waals surface area (Å²) in [5.41, 5.74) is 6.44. The van der Waals surface area contributed by atoms with Crippen molar-refractivity contribution >= 4 is 35.6 Å². The van der Waals surface area contributed by atoms with Crippen LogP contribution in [0, 0.1) is 5.92 Å². The molecule has 1 aliphatic heterocycles. The Kier molecular flexibility index (Phi) is 6.63. The van der Waals surface area contributed by atoms with Gasteiger partial charge >= 0.3 is 0 Å². The largest absolute Gasteiger partial charge is 0.466 e. The highest BCUT2D eigenvalue weighted by atomic mass is 35.5. The van der Waals surface area contributed by atoms with Crippen LogP contribution in [0.25, 0.3) is 0 Å². The first-order valence-electron chi connectivity index (χ1n) is 9.09. The van der Waals surface area contributed by atoms with Crippen LogP contribution in [-0.2, 0) is 25.7 Å². The van der Waals surface area contributed by atoms with E-state index in [1.807, 2.05) is 11.0 Å². The number of carbonyl (C=O) groups excluding carboxylic acids is 2. The second-order valence-electron chi connectivity index (χ2n) is 7.45. The molecule has 1 aliphatic carbocycles. The SMILES string of the molecule is NC1(COC=O)CC(C(=O)N2CCC(OCc3ccc(Cl)cc3Cl)CC2)C1. The number of nitrogens with two attached hydrogens (primary N) is 1. The predicted octanol–water partition coefficient (Wildman–Crippen LogP) is 2.78. The molecule has 1 amide bonds. The van der Waals surface area contributed by atoms with Gasteiger partial charge in [0.05, 0.1) is 18.2 Å². The van der Waals surface area contributed by atoms with Gasteiger partial charge in [-0.1, -0.05) is 29.3 Å². The minimum Gasteiger partial charge on any atom is -0.466 e. The minimum absolute atomic E-state index is 0.0735. The summed E-state index contributed by atoms with van der Waals surface area (Å²) in [6, 6.07) is 5.37. The highest BCUT2D eigenvalue weighted by Gasteiger charge is 2.46. The maximum atomic E-state index is 12.6.